The summed E-state index contributed by atoms with van der Waals surface area (Å²) in [6.07, 6.45) is 0.903. The largest absolute Gasteiger partial charge is 0.352 e. The van der Waals surface area contributed by atoms with Crippen LogP contribution in [-0.4, -0.2) is 16.9 Å². The van der Waals surface area contributed by atoms with Crippen LogP contribution in [0.5, 0.6) is 0 Å². The Kier molecular flexibility index (Phi) is 5.01. The summed E-state index contributed by atoms with van der Waals surface area (Å²) in [7, 11) is 0. The van der Waals surface area contributed by atoms with Crippen LogP contribution in [0.25, 0.3) is 0 Å². The lowest BCUT2D eigenvalue weighted by atomic mass is 10.1. The second-order valence-corrected chi connectivity index (χ2v) is 4.36. The molecule has 1 aromatic carbocycles. The van der Waals surface area contributed by atoms with E-state index in [-0.39, 0.29) is 11.5 Å². The predicted molar refractivity (Wildman–Crippen MR) is 67.0 cm³/mol. The molecule has 0 saturated heterocycles. The van der Waals surface area contributed by atoms with Gasteiger partial charge in [-0.3, -0.25) is 4.79 Å². The minimum atomic E-state index is -0.457. The van der Waals surface area contributed by atoms with Crippen LogP contribution in [0.2, 0.25) is 0 Å². The molecule has 2 nitrogen and oxygen atoms in total. The van der Waals surface area contributed by atoms with E-state index in [0.29, 0.717) is 6.54 Å². The Labute approximate surface area is 102 Å². The average molecular weight is 321 g/mol. The minimum absolute atomic E-state index is 0.119. The van der Waals surface area contributed by atoms with Crippen molar-refractivity contribution in [3.8, 4) is 0 Å². The Balaban J connectivity index is 2.65. The smallest absolute Gasteiger partial charge is 0.254 e. The topological polar surface area (TPSA) is 29.1 Å². The molecule has 0 heterocycles. The lowest BCUT2D eigenvalue weighted by molar-refractivity contribution is 0.0950. The van der Waals surface area contributed by atoms with Gasteiger partial charge in [-0.25, -0.2) is 4.39 Å². The van der Waals surface area contributed by atoms with Crippen LogP contribution < -0.4 is 5.32 Å². The quantitative estimate of drug-likeness (QED) is 0.516. The molecule has 1 rings (SSSR count). The number of nitrogens with one attached hydrogen (secondary N) is 1. The monoisotopic (exact) mass is 321 g/mol. The normalized spacial score (nSPS) is 10.1. The van der Waals surface area contributed by atoms with Crippen molar-refractivity contribution in [1.82, 2.24) is 5.32 Å². The predicted octanol–water partition coefficient (Wildman–Crippen LogP) is 2.69. The molecule has 15 heavy (non-hydrogen) atoms. The summed E-state index contributed by atoms with van der Waals surface area (Å²) >= 11 is 2.23. The van der Waals surface area contributed by atoms with Gasteiger partial charge in [0.05, 0.1) is 5.56 Å². The zero-order valence-electron chi connectivity index (χ0n) is 8.52. The van der Waals surface area contributed by atoms with E-state index in [2.05, 4.69) is 27.9 Å². The third-order valence-corrected chi connectivity index (χ3v) is 2.73. The van der Waals surface area contributed by atoms with Gasteiger partial charge in [0, 0.05) is 11.0 Å². The number of rotatable bonds is 4. The van der Waals surface area contributed by atoms with Crippen LogP contribution in [0.3, 0.4) is 0 Å². The fourth-order valence-electron chi connectivity index (χ4n) is 1.17. The Hall–Kier alpha value is -0.650. The molecule has 0 spiro atoms. The van der Waals surface area contributed by atoms with Crippen molar-refractivity contribution in [2.45, 2.75) is 13.3 Å². The first-order chi connectivity index (χ1) is 7.15. The Bertz CT molecular complexity index is 354. The van der Waals surface area contributed by atoms with Gasteiger partial charge in [-0.05, 0) is 31.0 Å². The van der Waals surface area contributed by atoms with Gasteiger partial charge >= 0.3 is 0 Å². The van der Waals surface area contributed by atoms with Crippen LogP contribution in [0.15, 0.2) is 18.2 Å². The molecule has 1 N–H and O–H groups in total. The summed E-state index contributed by atoms with van der Waals surface area (Å²) in [5, 5.41) is 2.68. The van der Waals surface area contributed by atoms with E-state index in [1.54, 1.807) is 13.0 Å². The van der Waals surface area contributed by atoms with E-state index in [1.165, 1.54) is 12.1 Å². The van der Waals surface area contributed by atoms with Crippen LogP contribution >= 0.6 is 22.6 Å². The maximum absolute atomic E-state index is 13.3. The number of aryl methyl sites for hydroxylation is 1. The molecule has 1 aromatic rings. The van der Waals surface area contributed by atoms with Gasteiger partial charge in [-0.1, -0.05) is 28.7 Å². The molecule has 0 fully saturated rings. The SMILES string of the molecule is Cc1ccc(C(=O)NCCCI)c(F)c1. The van der Waals surface area contributed by atoms with Gasteiger partial charge in [0.2, 0.25) is 0 Å². The summed E-state index contributed by atoms with van der Waals surface area (Å²) in [5.41, 5.74) is 0.936. The molecule has 0 aliphatic rings. The first-order valence-electron chi connectivity index (χ1n) is 4.75. The standard InChI is InChI=1S/C11H13FINO/c1-8-3-4-9(10(12)7-8)11(15)14-6-2-5-13/h3-4,7H,2,5-6H2,1H3,(H,14,15). The van der Waals surface area contributed by atoms with Gasteiger partial charge in [-0.15, -0.1) is 0 Å². The highest BCUT2D eigenvalue weighted by Crippen LogP contribution is 2.09. The zero-order valence-corrected chi connectivity index (χ0v) is 10.7. The van der Waals surface area contributed by atoms with Gasteiger partial charge in [0.25, 0.3) is 5.91 Å². The number of alkyl halides is 1. The molecule has 0 radical (unpaired) electrons. The molecule has 0 unspecified atom stereocenters. The van der Waals surface area contributed by atoms with Crippen molar-refractivity contribution >= 4 is 28.5 Å². The molecule has 0 aliphatic carbocycles. The fraction of sp³-hybridized carbons (Fsp3) is 0.364. The van der Waals surface area contributed by atoms with E-state index in [0.717, 1.165) is 16.4 Å². The summed E-state index contributed by atoms with van der Waals surface area (Å²) in [6, 6.07) is 4.62. The number of hydrogen-bond acceptors (Lipinski definition) is 1. The lowest BCUT2D eigenvalue weighted by Crippen LogP contribution is -2.25. The molecular weight excluding hydrogens is 308 g/mol. The summed E-state index contributed by atoms with van der Waals surface area (Å²) < 4.78 is 14.3. The first-order valence-corrected chi connectivity index (χ1v) is 6.28. The molecule has 1 amide bonds. The molecule has 82 valence electrons. The van der Waals surface area contributed by atoms with Crippen molar-refractivity contribution in [3.63, 3.8) is 0 Å². The maximum Gasteiger partial charge on any atom is 0.254 e. The van der Waals surface area contributed by atoms with E-state index < -0.39 is 5.82 Å². The van der Waals surface area contributed by atoms with E-state index in [4.69, 9.17) is 0 Å². The van der Waals surface area contributed by atoms with E-state index in [9.17, 15) is 9.18 Å². The van der Waals surface area contributed by atoms with Gasteiger partial charge in [0.1, 0.15) is 5.82 Å². The fourth-order valence-corrected chi connectivity index (χ4v) is 1.55. The minimum Gasteiger partial charge on any atom is -0.352 e. The average Bonchev–Trinajstić information content (AvgIpc) is 2.17. The van der Waals surface area contributed by atoms with Crippen molar-refractivity contribution in [1.29, 1.82) is 0 Å². The second kappa shape index (κ2) is 6.05. The van der Waals surface area contributed by atoms with Crippen LogP contribution in [0.1, 0.15) is 22.3 Å². The second-order valence-electron chi connectivity index (χ2n) is 3.28. The number of carbonyl (C=O) groups is 1. The van der Waals surface area contributed by atoms with E-state index in [1.807, 2.05) is 0 Å². The third kappa shape index (κ3) is 3.77. The van der Waals surface area contributed by atoms with Gasteiger partial charge in [-0.2, -0.15) is 0 Å². The zero-order chi connectivity index (χ0) is 11.3. The lowest BCUT2D eigenvalue weighted by Gasteiger charge is -2.05. The number of halogens is 2. The molecule has 0 atom stereocenters. The Morgan fingerprint density at radius 2 is 2.27 bits per heavy atom. The van der Waals surface area contributed by atoms with Crippen molar-refractivity contribution < 1.29 is 9.18 Å². The van der Waals surface area contributed by atoms with Gasteiger partial charge in [0.15, 0.2) is 0 Å². The maximum atomic E-state index is 13.3. The van der Waals surface area contributed by atoms with Crippen molar-refractivity contribution in [3.05, 3.63) is 35.1 Å². The van der Waals surface area contributed by atoms with E-state index >= 15 is 0 Å². The van der Waals surface area contributed by atoms with Crippen LogP contribution in [0.4, 0.5) is 4.39 Å². The Morgan fingerprint density at radius 3 is 2.87 bits per heavy atom. The van der Waals surface area contributed by atoms with Crippen LogP contribution in [-0.2, 0) is 0 Å². The summed E-state index contributed by atoms with van der Waals surface area (Å²) in [5.74, 6) is -0.792. The van der Waals surface area contributed by atoms with Crippen molar-refractivity contribution in [2.24, 2.45) is 0 Å². The first kappa shape index (κ1) is 12.4. The molecule has 0 saturated carbocycles. The number of amides is 1. The van der Waals surface area contributed by atoms with Gasteiger partial charge < -0.3 is 5.32 Å². The third-order valence-electron chi connectivity index (χ3n) is 1.97. The van der Waals surface area contributed by atoms with Crippen molar-refractivity contribution in [2.75, 3.05) is 11.0 Å². The molecular formula is C11H13FINO. The number of benzene rings is 1. The molecule has 0 aliphatic heterocycles. The number of carbonyl (C=O) groups excluding carboxylic acids is 1. The molecule has 4 heteroatoms. The molecule has 0 bridgehead atoms. The summed E-state index contributed by atoms with van der Waals surface area (Å²) in [6.45, 7) is 2.38. The molecule has 0 aromatic heterocycles. The highest BCUT2D eigenvalue weighted by Gasteiger charge is 2.10. The summed E-state index contributed by atoms with van der Waals surface area (Å²) in [4.78, 5) is 11.5. The number of hydrogen-bond donors (Lipinski definition) is 1. The highest BCUT2D eigenvalue weighted by molar-refractivity contribution is 14.1. The highest BCUT2D eigenvalue weighted by atomic mass is 127. The van der Waals surface area contributed by atoms with Crippen LogP contribution in [0, 0.1) is 12.7 Å². The Morgan fingerprint density at radius 1 is 1.53 bits per heavy atom.